The van der Waals surface area contributed by atoms with Gasteiger partial charge in [-0.05, 0) is 55.3 Å². The molecular weight excluding hydrogens is 260 g/mol. The Hall–Kier alpha value is -2.00. The molecular formula is C15H15ClN2O. The summed E-state index contributed by atoms with van der Waals surface area (Å²) in [6, 6.07) is 11.0. The van der Waals surface area contributed by atoms with Crippen molar-refractivity contribution in [3.8, 4) is 11.5 Å². The van der Waals surface area contributed by atoms with E-state index in [0.717, 1.165) is 11.1 Å². The van der Waals surface area contributed by atoms with Gasteiger partial charge in [-0.1, -0.05) is 17.7 Å². The van der Waals surface area contributed by atoms with E-state index >= 15 is 0 Å². The number of aryl methyl sites for hydroxylation is 2. The van der Waals surface area contributed by atoms with Gasteiger partial charge < -0.3 is 10.5 Å². The summed E-state index contributed by atoms with van der Waals surface area (Å²) in [5.74, 6) is 1.24. The van der Waals surface area contributed by atoms with Crippen molar-refractivity contribution in [2.45, 2.75) is 13.8 Å². The maximum absolute atomic E-state index is 7.57. The molecule has 0 bridgehead atoms. The maximum atomic E-state index is 7.57. The minimum absolute atomic E-state index is 0.0133. The van der Waals surface area contributed by atoms with E-state index in [-0.39, 0.29) is 5.84 Å². The molecule has 0 atom stereocenters. The molecule has 0 aliphatic heterocycles. The topological polar surface area (TPSA) is 59.1 Å². The highest BCUT2D eigenvalue weighted by Crippen LogP contribution is 2.28. The van der Waals surface area contributed by atoms with Crippen molar-refractivity contribution in [3.05, 3.63) is 58.1 Å². The summed E-state index contributed by atoms with van der Waals surface area (Å²) in [6.45, 7) is 3.88. The first kappa shape index (κ1) is 13.4. The third-order valence-corrected chi connectivity index (χ3v) is 3.21. The molecule has 4 heteroatoms. The normalized spacial score (nSPS) is 10.3. The quantitative estimate of drug-likeness (QED) is 0.656. The molecule has 0 aromatic heterocycles. The molecule has 0 unspecified atom stereocenters. The fraction of sp³-hybridized carbons (Fsp3) is 0.133. The van der Waals surface area contributed by atoms with Gasteiger partial charge in [0.1, 0.15) is 17.3 Å². The van der Waals surface area contributed by atoms with E-state index in [1.165, 1.54) is 0 Å². The predicted molar refractivity (Wildman–Crippen MR) is 78.5 cm³/mol. The van der Waals surface area contributed by atoms with Crippen LogP contribution >= 0.6 is 11.6 Å². The molecule has 0 heterocycles. The fourth-order valence-electron chi connectivity index (χ4n) is 1.74. The predicted octanol–water partition coefficient (Wildman–Crippen LogP) is 4.03. The Morgan fingerprint density at radius 2 is 1.89 bits per heavy atom. The number of amidine groups is 1. The van der Waals surface area contributed by atoms with Gasteiger partial charge in [0.05, 0.1) is 5.56 Å². The lowest BCUT2D eigenvalue weighted by atomic mass is 10.1. The van der Waals surface area contributed by atoms with Gasteiger partial charge >= 0.3 is 0 Å². The van der Waals surface area contributed by atoms with Gasteiger partial charge in [0, 0.05) is 5.02 Å². The molecule has 0 amide bonds. The Kier molecular flexibility index (Phi) is 3.76. The number of nitrogens with two attached hydrogens (primary N) is 1. The lowest BCUT2D eigenvalue weighted by Crippen LogP contribution is -2.12. The minimum Gasteiger partial charge on any atom is -0.457 e. The highest BCUT2D eigenvalue weighted by Gasteiger charge is 2.08. The summed E-state index contributed by atoms with van der Waals surface area (Å²) in [7, 11) is 0. The minimum atomic E-state index is -0.0133. The van der Waals surface area contributed by atoms with E-state index in [1.807, 2.05) is 32.0 Å². The first-order valence-corrected chi connectivity index (χ1v) is 6.24. The van der Waals surface area contributed by atoms with Crippen LogP contribution in [0.2, 0.25) is 5.02 Å². The van der Waals surface area contributed by atoms with Gasteiger partial charge in [-0.3, -0.25) is 5.41 Å². The number of nitrogens with one attached hydrogen (secondary N) is 1. The summed E-state index contributed by atoms with van der Waals surface area (Å²) < 4.78 is 5.81. The van der Waals surface area contributed by atoms with Gasteiger partial charge in [0.2, 0.25) is 0 Å². The second kappa shape index (κ2) is 5.33. The van der Waals surface area contributed by atoms with E-state index < -0.39 is 0 Å². The molecule has 0 fully saturated rings. The van der Waals surface area contributed by atoms with Crippen LogP contribution in [0.4, 0.5) is 0 Å². The third kappa shape index (κ3) is 3.06. The molecule has 2 rings (SSSR count). The van der Waals surface area contributed by atoms with Crippen molar-refractivity contribution in [1.29, 1.82) is 5.41 Å². The second-order valence-electron chi connectivity index (χ2n) is 4.43. The van der Waals surface area contributed by atoms with Crippen molar-refractivity contribution in [2.75, 3.05) is 0 Å². The molecule has 0 radical (unpaired) electrons. The Labute approximate surface area is 117 Å². The Balaban J connectivity index is 2.39. The molecule has 2 aromatic carbocycles. The smallest absolute Gasteiger partial charge is 0.138 e. The van der Waals surface area contributed by atoms with E-state index in [2.05, 4.69) is 0 Å². The highest BCUT2D eigenvalue weighted by molar-refractivity contribution is 6.31. The second-order valence-corrected chi connectivity index (χ2v) is 4.83. The molecule has 0 aliphatic carbocycles. The summed E-state index contributed by atoms with van der Waals surface area (Å²) in [5.41, 5.74) is 8.12. The molecule has 0 spiro atoms. The number of ether oxygens (including phenoxy) is 1. The van der Waals surface area contributed by atoms with Gasteiger partial charge in [-0.25, -0.2) is 0 Å². The van der Waals surface area contributed by atoms with Gasteiger partial charge in [0.25, 0.3) is 0 Å². The molecule has 0 saturated heterocycles. The number of nitrogen functional groups attached to an aromatic ring is 1. The zero-order chi connectivity index (χ0) is 14.0. The van der Waals surface area contributed by atoms with Crippen LogP contribution in [0.15, 0.2) is 36.4 Å². The number of halogens is 1. The molecule has 3 N–H and O–H groups in total. The van der Waals surface area contributed by atoms with Crippen molar-refractivity contribution in [3.63, 3.8) is 0 Å². The molecule has 19 heavy (non-hydrogen) atoms. The summed E-state index contributed by atoms with van der Waals surface area (Å²) in [6.07, 6.45) is 0. The SMILES string of the molecule is Cc1ccc(C(=N)N)c(Oc2ccc(Cl)c(C)c2)c1. The summed E-state index contributed by atoms with van der Waals surface area (Å²) >= 11 is 5.98. The van der Waals surface area contributed by atoms with Crippen LogP contribution in [0.25, 0.3) is 0 Å². The third-order valence-electron chi connectivity index (χ3n) is 2.78. The Morgan fingerprint density at radius 3 is 2.53 bits per heavy atom. The average Bonchev–Trinajstić information content (AvgIpc) is 2.33. The lowest BCUT2D eigenvalue weighted by Gasteiger charge is -2.12. The molecule has 0 saturated carbocycles. The van der Waals surface area contributed by atoms with E-state index in [1.54, 1.807) is 18.2 Å². The van der Waals surface area contributed by atoms with Gasteiger partial charge in [0.15, 0.2) is 0 Å². The fourth-order valence-corrected chi connectivity index (χ4v) is 1.86. The van der Waals surface area contributed by atoms with Crippen LogP contribution in [0, 0.1) is 19.3 Å². The first-order valence-electron chi connectivity index (χ1n) is 5.86. The Bertz CT molecular complexity index is 638. The molecule has 2 aromatic rings. The number of hydrogen-bond acceptors (Lipinski definition) is 2. The van der Waals surface area contributed by atoms with Crippen LogP contribution < -0.4 is 10.5 Å². The standard InChI is InChI=1S/C15H15ClN2O/c1-9-3-5-12(15(17)18)14(7-9)19-11-4-6-13(16)10(2)8-11/h3-8H,1-2H3,(H3,17,18). The summed E-state index contributed by atoms with van der Waals surface area (Å²) in [4.78, 5) is 0. The van der Waals surface area contributed by atoms with Crippen LogP contribution in [-0.4, -0.2) is 5.84 Å². The number of hydrogen-bond donors (Lipinski definition) is 2. The van der Waals surface area contributed by atoms with E-state index in [0.29, 0.717) is 22.1 Å². The molecule has 3 nitrogen and oxygen atoms in total. The molecule has 0 aliphatic rings. The first-order chi connectivity index (χ1) is 8.97. The van der Waals surface area contributed by atoms with Crippen LogP contribution in [-0.2, 0) is 0 Å². The van der Waals surface area contributed by atoms with Crippen molar-refractivity contribution >= 4 is 17.4 Å². The van der Waals surface area contributed by atoms with Crippen molar-refractivity contribution in [1.82, 2.24) is 0 Å². The largest absolute Gasteiger partial charge is 0.457 e. The zero-order valence-electron chi connectivity index (χ0n) is 10.8. The lowest BCUT2D eigenvalue weighted by molar-refractivity contribution is 0.480. The van der Waals surface area contributed by atoms with Crippen molar-refractivity contribution < 1.29 is 4.74 Å². The average molecular weight is 275 g/mol. The number of benzene rings is 2. The maximum Gasteiger partial charge on any atom is 0.138 e. The monoisotopic (exact) mass is 274 g/mol. The van der Waals surface area contributed by atoms with E-state index in [9.17, 15) is 0 Å². The van der Waals surface area contributed by atoms with Gasteiger partial charge in [-0.2, -0.15) is 0 Å². The van der Waals surface area contributed by atoms with Crippen LogP contribution in [0.1, 0.15) is 16.7 Å². The molecule has 98 valence electrons. The van der Waals surface area contributed by atoms with E-state index in [4.69, 9.17) is 27.5 Å². The van der Waals surface area contributed by atoms with Crippen molar-refractivity contribution in [2.24, 2.45) is 5.73 Å². The zero-order valence-corrected chi connectivity index (χ0v) is 11.6. The highest BCUT2D eigenvalue weighted by atomic mass is 35.5. The number of rotatable bonds is 3. The summed E-state index contributed by atoms with van der Waals surface area (Å²) in [5, 5.41) is 8.26. The van der Waals surface area contributed by atoms with Crippen LogP contribution in [0.3, 0.4) is 0 Å². The Morgan fingerprint density at radius 1 is 1.16 bits per heavy atom. The van der Waals surface area contributed by atoms with Crippen LogP contribution in [0.5, 0.6) is 11.5 Å². The van der Waals surface area contributed by atoms with Gasteiger partial charge in [-0.15, -0.1) is 0 Å².